The van der Waals surface area contributed by atoms with E-state index in [0.29, 0.717) is 30.0 Å². The number of ketones is 1. The largest absolute Gasteiger partial charge is 0.505 e. The Hall–Kier alpha value is -2.82. The van der Waals surface area contributed by atoms with Crippen LogP contribution in [-0.2, 0) is 4.74 Å². The van der Waals surface area contributed by atoms with Gasteiger partial charge in [0.25, 0.3) is 0 Å². The van der Waals surface area contributed by atoms with Crippen molar-refractivity contribution in [3.63, 3.8) is 0 Å². The van der Waals surface area contributed by atoms with Crippen molar-refractivity contribution in [1.29, 1.82) is 0 Å². The molecule has 0 saturated heterocycles. The lowest BCUT2D eigenvalue weighted by atomic mass is 9.94. The molecule has 2 N–H and O–H groups in total. The zero-order valence-electron chi connectivity index (χ0n) is 16.9. The number of carbonyl (C=O) groups excluding carboxylic acids is 2. The number of nitrogens with one attached hydrogen (secondary N) is 1. The Morgan fingerprint density at radius 1 is 1.07 bits per heavy atom. The first-order valence-electron chi connectivity index (χ1n) is 9.88. The highest BCUT2D eigenvalue weighted by Gasteiger charge is 2.26. The smallest absolute Gasteiger partial charge is 0.339 e. The van der Waals surface area contributed by atoms with Gasteiger partial charge in [0.15, 0.2) is 11.5 Å². The van der Waals surface area contributed by atoms with E-state index in [0.717, 1.165) is 25.7 Å². The number of aryl methyl sites for hydroxylation is 1. The van der Waals surface area contributed by atoms with Gasteiger partial charge in [-0.1, -0.05) is 56.5 Å². The van der Waals surface area contributed by atoms with Crippen LogP contribution >= 0.6 is 0 Å². The van der Waals surface area contributed by atoms with Crippen LogP contribution < -0.4 is 5.32 Å². The molecule has 0 aliphatic heterocycles. The molecule has 0 heterocycles. The minimum absolute atomic E-state index is 0.0219. The Balaban J connectivity index is 2.40. The molecule has 0 spiro atoms. The maximum Gasteiger partial charge on any atom is 0.339 e. The van der Waals surface area contributed by atoms with E-state index in [9.17, 15) is 14.7 Å². The summed E-state index contributed by atoms with van der Waals surface area (Å²) in [6.07, 6.45) is 3.96. The van der Waals surface area contributed by atoms with E-state index in [1.54, 1.807) is 43.3 Å². The van der Waals surface area contributed by atoms with Gasteiger partial charge >= 0.3 is 5.97 Å². The SMILES string of the molecule is CCCCCCOC(=O)c1cc(C)c(NCC)c(O)c1C(=O)c1ccccc1. The van der Waals surface area contributed by atoms with Gasteiger partial charge < -0.3 is 15.2 Å². The minimum Gasteiger partial charge on any atom is -0.505 e. The van der Waals surface area contributed by atoms with Gasteiger partial charge in [-0.05, 0) is 31.9 Å². The monoisotopic (exact) mass is 383 g/mol. The van der Waals surface area contributed by atoms with E-state index in [1.807, 2.05) is 6.92 Å². The molecule has 0 unspecified atom stereocenters. The summed E-state index contributed by atoms with van der Waals surface area (Å²) in [5, 5.41) is 13.9. The summed E-state index contributed by atoms with van der Waals surface area (Å²) in [6, 6.07) is 10.2. The third-order valence-corrected chi connectivity index (χ3v) is 4.57. The molecule has 0 radical (unpaired) electrons. The lowest BCUT2D eigenvalue weighted by Gasteiger charge is -2.17. The molecule has 0 fully saturated rings. The van der Waals surface area contributed by atoms with Crippen molar-refractivity contribution in [2.45, 2.75) is 46.5 Å². The number of carbonyl (C=O) groups is 2. The number of esters is 1. The Bertz CT molecular complexity index is 815. The average molecular weight is 383 g/mol. The van der Waals surface area contributed by atoms with Crippen LogP contribution in [0.5, 0.6) is 5.75 Å². The van der Waals surface area contributed by atoms with Gasteiger partial charge in [0.05, 0.1) is 23.4 Å². The molecule has 2 aromatic carbocycles. The molecule has 5 heteroatoms. The van der Waals surface area contributed by atoms with E-state index >= 15 is 0 Å². The van der Waals surface area contributed by atoms with Crippen LogP contribution in [0.4, 0.5) is 5.69 Å². The number of rotatable bonds is 10. The van der Waals surface area contributed by atoms with Crippen molar-refractivity contribution < 1.29 is 19.4 Å². The van der Waals surface area contributed by atoms with Crippen LogP contribution in [0.2, 0.25) is 0 Å². The molecule has 0 aromatic heterocycles. The van der Waals surface area contributed by atoms with Crippen LogP contribution in [0.3, 0.4) is 0 Å². The van der Waals surface area contributed by atoms with Crippen molar-refractivity contribution in [3.05, 3.63) is 58.7 Å². The van der Waals surface area contributed by atoms with Gasteiger partial charge in [-0.2, -0.15) is 0 Å². The van der Waals surface area contributed by atoms with Crippen molar-refractivity contribution in [2.75, 3.05) is 18.5 Å². The number of phenols is 1. The highest BCUT2D eigenvalue weighted by Crippen LogP contribution is 2.36. The minimum atomic E-state index is -0.586. The van der Waals surface area contributed by atoms with Gasteiger partial charge in [-0.3, -0.25) is 4.79 Å². The van der Waals surface area contributed by atoms with E-state index in [-0.39, 0.29) is 16.9 Å². The van der Waals surface area contributed by atoms with E-state index < -0.39 is 11.8 Å². The van der Waals surface area contributed by atoms with Gasteiger partial charge in [0, 0.05) is 12.1 Å². The average Bonchev–Trinajstić information content (AvgIpc) is 2.70. The topological polar surface area (TPSA) is 75.6 Å². The maximum absolute atomic E-state index is 13.1. The number of unbranched alkanes of at least 4 members (excludes halogenated alkanes) is 3. The highest BCUT2D eigenvalue weighted by molar-refractivity contribution is 6.17. The summed E-state index contributed by atoms with van der Waals surface area (Å²) in [7, 11) is 0. The second-order valence-corrected chi connectivity index (χ2v) is 6.76. The summed E-state index contributed by atoms with van der Waals surface area (Å²) >= 11 is 0. The van der Waals surface area contributed by atoms with Crippen LogP contribution in [0.25, 0.3) is 0 Å². The first-order valence-corrected chi connectivity index (χ1v) is 9.88. The van der Waals surface area contributed by atoms with Crippen molar-refractivity contribution >= 4 is 17.4 Å². The molecule has 0 amide bonds. The number of ether oxygens (including phenoxy) is 1. The fraction of sp³-hybridized carbons (Fsp3) is 0.391. The lowest BCUT2D eigenvalue weighted by molar-refractivity contribution is 0.0494. The molecule has 0 aliphatic carbocycles. The molecule has 0 aliphatic rings. The van der Waals surface area contributed by atoms with Crippen molar-refractivity contribution in [1.82, 2.24) is 0 Å². The van der Waals surface area contributed by atoms with Crippen LogP contribution in [0.1, 0.15) is 71.4 Å². The van der Waals surface area contributed by atoms with Crippen LogP contribution in [0, 0.1) is 6.92 Å². The lowest BCUT2D eigenvalue weighted by Crippen LogP contribution is -2.15. The predicted molar refractivity (Wildman–Crippen MR) is 111 cm³/mol. The van der Waals surface area contributed by atoms with Crippen LogP contribution in [0.15, 0.2) is 36.4 Å². The second-order valence-electron chi connectivity index (χ2n) is 6.76. The van der Waals surface area contributed by atoms with E-state index in [1.165, 1.54) is 0 Å². The molecule has 0 atom stereocenters. The summed E-state index contributed by atoms with van der Waals surface area (Å²) in [4.78, 5) is 25.8. The third-order valence-electron chi connectivity index (χ3n) is 4.57. The normalized spacial score (nSPS) is 10.5. The Morgan fingerprint density at radius 2 is 1.79 bits per heavy atom. The Morgan fingerprint density at radius 3 is 2.43 bits per heavy atom. The molecule has 2 rings (SSSR count). The maximum atomic E-state index is 13.1. The second kappa shape index (κ2) is 10.5. The number of phenolic OH excluding ortho intramolecular Hbond substituents is 1. The quantitative estimate of drug-likeness (QED) is 0.258. The third kappa shape index (κ3) is 5.12. The molecule has 0 saturated carbocycles. The summed E-state index contributed by atoms with van der Waals surface area (Å²) in [6.45, 7) is 6.68. The van der Waals surface area contributed by atoms with E-state index in [2.05, 4.69) is 12.2 Å². The Labute approximate surface area is 166 Å². The fourth-order valence-corrected chi connectivity index (χ4v) is 3.10. The highest BCUT2D eigenvalue weighted by atomic mass is 16.5. The number of hydrogen-bond donors (Lipinski definition) is 2. The molecule has 5 nitrogen and oxygen atoms in total. The molecule has 2 aromatic rings. The van der Waals surface area contributed by atoms with Gasteiger partial charge in [-0.15, -0.1) is 0 Å². The fourth-order valence-electron chi connectivity index (χ4n) is 3.10. The standard InChI is InChI=1S/C23H29NO4/c1-4-6-7-11-14-28-23(27)18-15-16(3)20(24-5-2)22(26)19(18)21(25)17-12-9-8-10-13-17/h8-10,12-13,15,24,26H,4-7,11,14H2,1-3H3. The predicted octanol–water partition coefficient (Wildman–Crippen LogP) is 5.10. The molecule has 150 valence electrons. The van der Waals surface area contributed by atoms with Gasteiger partial charge in [0.2, 0.25) is 0 Å². The number of hydrogen-bond acceptors (Lipinski definition) is 5. The van der Waals surface area contributed by atoms with Crippen molar-refractivity contribution in [3.8, 4) is 5.75 Å². The van der Waals surface area contributed by atoms with Gasteiger partial charge in [0.1, 0.15) is 0 Å². The number of anilines is 1. The van der Waals surface area contributed by atoms with Crippen molar-refractivity contribution in [2.24, 2.45) is 0 Å². The zero-order valence-corrected chi connectivity index (χ0v) is 16.9. The number of aromatic hydroxyl groups is 1. The Kier molecular flexibility index (Phi) is 8.05. The van der Waals surface area contributed by atoms with E-state index in [4.69, 9.17) is 4.74 Å². The first-order chi connectivity index (χ1) is 13.5. The molecular weight excluding hydrogens is 354 g/mol. The number of benzene rings is 2. The molecule has 28 heavy (non-hydrogen) atoms. The first kappa shape index (κ1) is 21.5. The summed E-state index contributed by atoms with van der Waals surface area (Å²) in [5.74, 6) is -1.21. The molecule has 0 bridgehead atoms. The van der Waals surface area contributed by atoms with Gasteiger partial charge in [-0.25, -0.2) is 4.79 Å². The molecular formula is C23H29NO4. The summed E-state index contributed by atoms with van der Waals surface area (Å²) in [5.41, 5.74) is 1.62. The summed E-state index contributed by atoms with van der Waals surface area (Å²) < 4.78 is 5.39. The van der Waals surface area contributed by atoms with Crippen LogP contribution in [-0.4, -0.2) is 30.0 Å². The zero-order chi connectivity index (χ0) is 20.5.